The number of hydrogen-bond donors (Lipinski definition) is 1. The van der Waals surface area contributed by atoms with Crippen LogP contribution < -0.4 is 5.32 Å². The summed E-state index contributed by atoms with van der Waals surface area (Å²) >= 11 is 0. The number of nitrogens with zero attached hydrogens (tertiary/aromatic N) is 2. The molecule has 39 heavy (non-hydrogen) atoms. The predicted octanol–water partition coefficient (Wildman–Crippen LogP) is 6.55. The molecule has 2 bridgehead atoms. The van der Waals surface area contributed by atoms with Crippen LogP contribution in [0.4, 0.5) is 0 Å². The van der Waals surface area contributed by atoms with Gasteiger partial charge in [0.15, 0.2) is 5.72 Å². The van der Waals surface area contributed by atoms with E-state index in [2.05, 4.69) is 100 Å². The first-order valence-corrected chi connectivity index (χ1v) is 13.7. The molecule has 3 aliphatic heterocycles. The van der Waals surface area contributed by atoms with Crippen LogP contribution in [0.5, 0.6) is 0 Å². The van der Waals surface area contributed by atoms with Crippen molar-refractivity contribution in [3.8, 4) is 0 Å². The molecule has 1 N–H and O–H groups in total. The Hall–Kier alpha value is -4.13. The van der Waals surface area contributed by atoms with Gasteiger partial charge in [0.05, 0.1) is 27.6 Å². The van der Waals surface area contributed by atoms with Gasteiger partial charge in [0, 0.05) is 47.5 Å². The van der Waals surface area contributed by atoms with E-state index in [1.54, 1.807) is 7.11 Å². The Morgan fingerprint density at radius 2 is 1.59 bits per heavy atom. The third-order valence-corrected chi connectivity index (χ3v) is 9.45. The minimum atomic E-state index is -0.795. The Balaban J connectivity index is 1.55. The lowest BCUT2D eigenvalue weighted by Crippen LogP contribution is -2.53. The zero-order valence-corrected chi connectivity index (χ0v) is 21.8. The standard InChI is InChI=1S/C33H27N3O3/c1-33-31(38-2)21(18-10-4-3-5-11-18)16-25(39-33)35-23-14-8-6-12-19(23)27-28-22(17-34-32(28)37)26-20-13-7-9-15-24(20)36(33)30(26)29(27)35/h3-15,21,25,31H,16-17H2,1-2H3,(H,34,37)/t21?,25?,31?,33-/m0/s1. The highest BCUT2D eigenvalue weighted by atomic mass is 16.6. The lowest BCUT2D eigenvalue weighted by atomic mass is 9.82. The van der Waals surface area contributed by atoms with Gasteiger partial charge in [0.25, 0.3) is 5.91 Å². The first kappa shape index (κ1) is 21.8. The lowest BCUT2D eigenvalue weighted by molar-refractivity contribution is -0.254. The highest BCUT2D eigenvalue weighted by molar-refractivity contribution is 6.31. The molecule has 4 atom stereocenters. The van der Waals surface area contributed by atoms with Crippen LogP contribution in [0.1, 0.15) is 47.0 Å². The summed E-state index contributed by atoms with van der Waals surface area (Å²) in [5.74, 6) is 0.111. The van der Waals surface area contributed by atoms with Gasteiger partial charge in [-0.1, -0.05) is 66.7 Å². The molecule has 4 aromatic carbocycles. The number of para-hydroxylation sites is 2. The molecule has 2 aromatic heterocycles. The van der Waals surface area contributed by atoms with Gasteiger partial charge < -0.3 is 23.9 Å². The fourth-order valence-electron chi connectivity index (χ4n) is 8.08. The molecule has 1 amide bonds. The molecule has 3 unspecified atom stereocenters. The topological polar surface area (TPSA) is 57.4 Å². The number of hydrogen-bond acceptors (Lipinski definition) is 3. The number of ether oxygens (including phenoxy) is 2. The minimum Gasteiger partial charge on any atom is -0.376 e. The van der Waals surface area contributed by atoms with Crippen LogP contribution in [0.15, 0.2) is 78.9 Å². The second-order valence-electron chi connectivity index (χ2n) is 11.3. The van der Waals surface area contributed by atoms with E-state index in [-0.39, 0.29) is 24.2 Å². The van der Waals surface area contributed by atoms with E-state index in [1.807, 2.05) is 0 Å². The molecule has 0 radical (unpaired) electrons. The fourth-order valence-corrected chi connectivity index (χ4v) is 8.08. The van der Waals surface area contributed by atoms with Crippen LogP contribution in [0.2, 0.25) is 0 Å². The molecule has 6 nitrogen and oxygen atoms in total. The normalized spacial score (nSPS) is 25.6. The minimum absolute atomic E-state index is 0.00270. The number of carbonyl (C=O) groups excluding carboxylic acids is 1. The SMILES string of the molecule is COC1C(c2ccccc2)CC2O[C@]1(C)n1c3ccccc3c3c4c(c5c6ccccc6n2c5c31)C(=O)NC4. The van der Waals surface area contributed by atoms with E-state index < -0.39 is 5.72 Å². The van der Waals surface area contributed by atoms with Gasteiger partial charge in [0.1, 0.15) is 12.3 Å². The number of benzene rings is 4. The second kappa shape index (κ2) is 7.29. The van der Waals surface area contributed by atoms with Crippen molar-refractivity contribution in [1.82, 2.24) is 14.5 Å². The Bertz CT molecular complexity index is 2020. The van der Waals surface area contributed by atoms with Gasteiger partial charge in [-0.25, -0.2) is 0 Å². The van der Waals surface area contributed by atoms with Gasteiger partial charge in [-0.05, 0) is 30.2 Å². The molecule has 9 rings (SSSR count). The van der Waals surface area contributed by atoms with Crippen molar-refractivity contribution in [2.24, 2.45) is 0 Å². The quantitative estimate of drug-likeness (QED) is 0.286. The van der Waals surface area contributed by atoms with E-state index in [9.17, 15) is 4.79 Å². The first-order valence-electron chi connectivity index (χ1n) is 13.7. The van der Waals surface area contributed by atoms with Crippen molar-refractivity contribution >= 4 is 49.5 Å². The maximum Gasteiger partial charge on any atom is 0.252 e. The molecule has 6 aromatic rings. The Labute approximate surface area is 224 Å². The number of carbonyl (C=O) groups is 1. The summed E-state index contributed by atoms with van der Waals surface area (Å²) in [5, 5.41) is 7.54. The maximum atomic E-state index is 13.5. The van der Waals surface area contributed by atoms with Crippen molar-refractivity contribution in [1.29, 1.82) is 0 Å². The zero-order chi connectivity index (χ0) is 26.0. The number of amides is 1. The highest BCUT2D eigenvalue weighted by Crippen LogP contribution is 2.56. The zero-order valence-electron chi connectivity index (χ0n) is 21.8. The second-order valence-corrected chi connectivity index (χ2v) is 11.3. The number of fused-ring (bicyclic) bond motifs is 13. The molecule has 192 valence electrons. The largest absolute Gasteiger partial charge is 0.376 e. The average molecular weight is 514 g/mol. The molecule has 5 heterocycles. The smallest absolute Gasteiger partial charge is 0.252 e. The van der Waals surface area contributed by atoms with Crippen LogP contribution >= 0.6 is 0 Å². The van der Waals surface area contributed by atoms with Crippen molar-refractivity contribution in [3.05, 3.63) is 95.6 Å². The summed E-state index contributed by atoms with van der Waals surface area (Å²) in [6.45, 7) is 2.71. The highest BCUT2D eigenvalue weighted by Gasteiger charge is 2.53. The van der Waals surface area contributed by atoms with E-state index in [0.29, 0.717) is 6.54 Å². The maximum absolute atomic E-state index is 13.5. The molecule has 0 spiro atoms. The Kier molecular flexibility index (Phi) is 4.07. The summed E-state index contributed by atoms with van der Waals surface area (Å²) in [6, 6.07) is 27.7. The van der Waals surface area contributed by atoms with Gasteiger partial charge in [-0.15, -0.1) is 0 Å². The number of aromatic nitrogens is 2. The predicted molar refractivity (Wildman–Crippen MR) is 152 cm³/mol. The van der Waals surface area contributed by atoms with Crippen molar-refractivity contribution in [3.63, 3.8) is 0 Å². The van der Waals surface area contributed by atoms with Gasteiger partial charge in [-0.3, -0.25) is 4.79 Å². The lowest BCUT2D eigenvalue weighted by Gasteiger charge is -2.48. The van der Waals surface area contributed by atoms with Crippen molar-refractivity contribution < 1.29 is 14.3 Å². The molecular weight excluding hydrogens is 486 g/mol. The van der Waals surface area contributed by atoms with Gasteiger partial charge >= 0.3 is 0 Å². The molecular formula is C33H27N3O3. The number of nitrogens with one attached hydrogen (secondary N) is 1. The van der Waals surface area contributed by atoms with Crippen molar-refractivity contribution in [2.45, 2.75) is 43.9 Å². The summed E-state index contributed by atoms with van der Waals surface area (Å²) in [4.78, 5) is 13.5. The van der Waals surface area contributed by atoms with Crippen LogP contribution in [-0.4, -0.2) is 28.3 Å². The monoisotopic (exact) mass is 513 g/mol. The summed E-state index contributed by atoms with van der Waals surface area (Å²) < 4.78 is 18.4. The Morgan fingerprint density at radius 1 is 0.897 bits per heavy atom. The van der Waals surface area contributed by atoms with Crippen LogP contribution in [-0.2, 0) is 21.7 Å². The molecule has 0 saturated carbocycles. The molecule has 3 aliphatic rings. The number of methoxy groups -OCH3 is 1. The van der Waals surface area contributed by atoms with E-state index in [4.69, 9.17) is 9.47 Å². The van der Waals surface area contributed by atoms with Gasteiger partial charge in [-0.2, -0.15) is 0 Å². The van der Waals surface area contributed by atoms with Crippen molar-refractivity contribution in [2.75, 3.05) is 7.11 Å². The van der Waals surface area contributed by atoms with E-state index in [0.717, 1.165) is 61.2 Å². The molecule has 1 fully saturated rings. The number of rotatable bonds is 2. The van der Waals surface area contributed by atoms with E-state index in [1.165, 1.54) is 5.56 Å². The summed E-state index contributed by atoms with van der Waals surface area (Å²) in [7, 11) is 1.81. The fraction of sp³-hybridized carbons (Fsp3) is 0.242. The van der Waals surface area contributed by atoms with Crippen LogP contribution in [0.25, 0.3) is 43.6 Å². The third-order valence-electron chi connectivity index (χ3n) is 9.45. The first-order chi connectivity index (χ1) is 19.1. The Morgan fingerprint density at radius 3 is 2.36 bits per heavy atom. The third kappa shape index (κ3) is 2.48. The van der Waals surface area contributed by atoms with Crippen LogP contribution in [0.3, 0.4) is 0 Å². The summed E-state index contributed by atoms with van der Waals surface area (Å²) in [5.41, 5.74) is 6.73. The molecule has 1 saturated heterocycles. The van der Waals surface area contributed by atoms with Gasteiger partial charge in [0.2, 0.25) is 0 Å². The van der Waals surface area contributed by atoms with E-state index >= 15 is 0 Å². The average Bonchev–Trinajstić information content (AvgIpc) is 3.61. The van der Waals surface area contributed by atoms with Crippen LogP contribution in [0, 0.1) is 0 Å². The molecule has 0 aliphatic carbocycles. The summed E-state index contributed by atoms with van der Waals surface area (Å²) in [6.07, 6.45) is 0.298. The molecule has 6 heteroatoms.